The van der Waals surface area contributed by atoms with E-state index in [9.17, 15) is 4.21 Å². The van der Waals surface area contributed by atoms with Gasteiger partial charge in [0.05, 0.1) is 15.6 Å². The van der Waals surface area contributed by atoms with E-state index in [2.05, 4.69) is 0 Å². The summed E-state index contributed by atoms with van der Waals surface area (Å²) in [7, 11) is -1.02. The molecular formula is C23H17Cl2NOS2. The SMILES string of the molecule is CS(=O)c1ccc(-c2sc(-c3ccccc3CCl)nc2-c2ccccc2Cl)cc1. The lowest BCUT2D eigenvalue weighted by molar-refractivity contribution is 0.687. The fourth-order valence-electron chi connectivity index (χ4n) is 3.11. The molecule has 0 spiro atoms. The van der Waals surface area contributed by atoms with Crippen LogP contribution in [0.4, 0.5) is 0 Å². The summed E-state index contributed by atoms with van der Waals surface area (Å²) in [6, 6.07) is 23.5. The maximum atomic E-state index is 11.8. The van der Waals surface area contributed by atoms with E-state index in [1.165, 1.54) is 0 Å². The highest BCUT2D eigenvalue weighted by Gasteiger charge is 2.19. The fourth-order valence-corrected chi connectivity index (χ4v) is 5.23. The average Bonchev–Trinajstić information content (AvgIpc) is 3.19. The lowest BCUT2D eigenvalue weighted by Crippen LogP contribution is -1.88. The normalized spacial score (nSPS) is 12.1. The molecule has 146 valence electrons. The number of alkyl halides is 1. The number of benzene rings is 3. The number of nitrogens with zero attached hydrogens (tertiary/aromatic N) is 1. The molecule has 0 aliphatic heterocycles. The van der Waals surface area contributed by atoms with Crippen LogP contribution in [0.2, 0.25) is 5.02 Å². The lowest BCUT2D eigenvalue weighted by Gasteiger charge is -2.05. The molecule has 0 N–H and O–H groups in total. The van der Waals surface area contributed by atoms with Gasteiger partial charge in [0.25, 0.3) is 0 Å². The maximum Gasteiger partial charge on any atom is 0.124 e. The molecule has 0 bridgehead atoms. The van der Waals surface area contributed by atoms with Crippen LogP contribution < -0.4 is 0 Å². The monoisotopic (exact) mass is 457 g/mol. The van der Waals surface area contributed by atoms with Gasteiger partial charge in [-0.15, -0.1) is 22.9 Å². The first kappa shape index (κ1) is 20.3. The summed E-state index contributed by atoms with van der Waals surface area (Å²) >= 11 is 14.3. The number of halogens is 2. The zero-order chi connectivity index (χ0) is 20.4. The summed E-state index contributed by atoms with van der Waals surface area (Å²) in [5.74, 6) is 0.420. The molecule has 4 rings (SSSR count). The van der Waals surface area contributed by atoms with Crippen molar-refractivity contribution in [3.05, 3.63) is 83.4 Å². The molecule has 1 heterocycles. The fraction of sp³-hybridized carbons (Fsp3) is 0.0870. The Morgan fingerprint density at radius 2 is 1.59 bits per heavy atom. The number of hydrogen-bond acceptors (Lipinski definition) is 3. The zero-order valence-corrected chi connectivity index (χ0v) is 18.7. The van der Waals surface area contributed by atoms with Crippen LogP contribution in [0.25, 0.3) is 32.3 Å². The molecular weight excluding hydrogens is 441 g/mol. The first-order chi connectivity index (χ1) is 14.1. The third kappa shape index (κ3) is 4.17. The van der Waals surface area contributed by atoms with Crippen molar-refractivity contribution in [2.75, 3.05) is 6.26 Å². The third-order valence-electron chi connectivity index (χ3n) is 4.60. The Morgan fingerprint density at radius 3 is 2.24 bits per heavy atom. The molecule has 0 saturated heterocycles. The molecule has 6 heteroatoms. The molecule has 2 nitrogen and oxygen atoms in total. The van der Waals surface area contributed by atoms with Gasteiger partial charge in [-0.1, -0.05) is 66.2 Å². The van der Waals surface area contributed by atoms with E-state index in [-0.39, 0.29) is 0 Å². The van der Waals surface area contributed by atoms with Gasteiger partial charge < -0.3 is 0 Å². The second kappa shape index (κ2) is 8.80. The van der Waals surface area contributed by atoms with Crippen molar-refractivity contribution in [1.82, 2.24) is 4.98 Å². The topological polar surface area (TPSA) is 30.0 Å². The van der Waals surface area contributed by atoms with Crippen molar-refractivity contribution in [3.8, 4) is 32.3 Å². The van der Waals surface area contributed by atoms with Crippen LogP contribution in [0.1, 0.15) is 5.56 Å². The highest BCUT2D eigenvalue weighted by atomic mass is 35.5. The summed E-state index contributed by atoms with van der Waals surface area (Å²) in [5.41, 5.74) is 4.81. The van der Waals surface area contributed by atoms with Gasteiger partial charge in [-0.2, -0.15) is 0 Å². The van der Waals surface area contributed by atoms with Gasteiger partial charge in [0.2, 0.25) is 0 Å². The van der Waals surface area contributed by atoms with Crippen LogP contribution >= 0.6 is 34.5 Å². The number of rotatable bonds is 5. The second-order valence-electron chi connectivity index (χ2n) is 6.45. The molecule has 0 amide bonds. The molecule has 1 unspecified atom stereocenters. The first-order valence-corrected chi connectivity index (χ1v) is 12.2. The number of thiazole rings is 1. The molecule has 3 aromatic carbocycles. The van der Waals surface area contributed by atoms with E-state index in [0.717, 1.165) is 42.7 Å². The lowest BCUT2D eigenvalue weighted by atomic mass is 10.1. The molecule has 0 radical (unpaired) electrons. The van der Waals surface area contributed by atoms with Gasteiger partial charge in [0, 0.05) is 39.0 Å². The third-order valence-corrected chi connectivity index (χ3v) is 7.29. The minimum absolute atomic E-state index is 0.420. The molecule has 29 heavy (non-hydrogen) atoms. The quantitative estimate of drug-likeness (QED) is 0.294. The van der Waals surface area contributed by atoms with Crippen molar-refractivity contribution in [2.24, 2.45) is 0 Å². The predicted molar refractivity (Wildman–Crippen MR) is 125 cm³/mol. The van der Waals surface area contributed by atoms with Crippen molar-refractivity contribution in [1.29, 1.82) is 0 Å². The van der Waals surface area contributed by atoms with Gasteiger partial charge in [-0.3, -0.25) is 4.21 Å². The largest absolute Gasteiger partial charge is 0.255 e. The van der Waals surface area contributed by atoms with Crippen LogP contribution in [0.3, 0.4) is 0 Å². The number of aromatic nitrogens is 1. The van der Waals surface area contributed by atoms with E-state index in [1.54, 1.807) is 17.6 Å². The van der Waals surface area contributed by atoms with Gasteiger partial charge in [0.15, 0.2) is 0 Å². The molecule has 0 saturated carbocycles. The zero-order valence-electron chi connectivity index (χ0n) is 15.6. The highest BCUT2D eigenvalue weighted by molar-refractivity contribution is 7.84. The van der Waals surface area contributed by atoms with Crippen molar-refractivity contribution in [3.63, 3.8) is 0 Å². The van der Waals surface area contributed by atoms with Crippen LogP contribution in [-0.4, -0.2) is 15.4 Å². The Bertz CT molecular complexity index is 1190. The smallest absolute Gasteiger partial charge is 0.124 e. The summed E-state index contributed by atoms with van der Waals surface area (Å²) in [5, 5.41) is 1.55. The maximum absolute atomic E-state index is 11.8. The van der Waals surface area contributed by atoms with Gasteiger partial charge >= 0.3 is 0 Å². The summed E-state index contributed by atoms with van der Waals surface area (Å²) < 4.78 is 11.8. The first-order valence-electron chi connectivity index (χ1n) is 8.92. The van der Waals surface area contributed by atoms with Crippen LogP contribution in [0.15, 0.2) is 77.7 Å². The van der Waals surface area contributed by atoms with Crippen LogP contribution in [0, 0.1) is 0 Å². The average molecular weight is 458 g/mol. The second-order valence-corrected chi connectivity index (χ2v) is 9.50. The summed E-state index contributed by atoms with van der Waals surface area (Å²) in [6.07, 6.45) is 1.68. The molecule has 4 aromatic rings. The van der Waals surface area contributed by atoms with E-state index < -0.39 is 10.8 Å². The Labute approximate surface area is 186 Å². The van der Waals surface area contributed by atoms with E-state index >= 15 is 0 Å². The Hall–Kier alpha value is -1.98. The van der Waals surface area contributed by atoms with Crippen molar-refractivity contribution < 1.29 is 4.21 Å². The minimum atomic E-state index is -1.02. The van der Waals surface area contributed by atoms with Gasteiger partial charge in [-0.25, -0.2) is 4.98 Å². The van der Waals surface area contributed by atoms with Crippen LogP contribution in [0.5, 0.6) is 0 Å². The highest BCUT2D eigenvalue weighted by Crippen LogP contribution is 2.43. The Morgan fingerprint density at radius 1 is 0.931 bits per heavy atom. The predicted octanol–water partition coefficient (Wildman–Crippen LogP) is 7.27. The Kier molecular flexibility index (Phi) is 6.16. The molecule has 0 fully saturated rings. The van der Waals surface area contributed by atoms with Crippen LogP contribution in [-0.2, 0) is 16.7 Å². The standard InChI is InChI=1S/C23H17Cl2NOS2/c1-29(27)17-12-10-15(11-13-17)22-21(19-8-4-5-9-20(19)25)26-23(28-22)18-7-3-2-6-16(18)14-24/h2-13H,14H2,1H3. The molecule has 0 aliphatic carbocycles. The van der Waals surface area contributed by atoms with Crippen molar-refractivity contribution >= 4 is 45.3 Å². The van der Waals surface area contributed by atoms with Gasteiger partial charge in [0.1, 0.15) is 5.01 Å². The van der Waals surface area contributed by atoms with E-state index in [0.29, 0.717) is 10.9 Å². The molecule has 1 atom stereocenters. The summed E-state index contributed by atoms with van der Waals surface area (Å²) in [6.45, 7) is 0. The molecule has 0 aliphatic rings. The number of hydrogen-bond donors (Lipinski definition) is 0. The summed E-state index contributed by atoms with van der Waals surface area (Å²) in [4.78, 5) is 6.79. The Balaban J connectivity index is 1.92. The van der Waals surface area contributed by atoms with Crippen molar-refractivity contribution in [2.45, 2.75) is 10.8 Å². The minimum Gasteiger partial charge on any atom is -0.255 e. The van der Waals surface area contributed by atoms with Gasteiger partial charge in [-0.05, 0) is 29.3 Å². The molecule has 1 aromatic heterocycles. The van der Waals surface area contributed by atoms with E-state index in [1.807, 2.05) is 72.8 Å². The van der Waals surface area contributed by atoms with E-state index in [4.69, 9.17) is 28.2 Å².